The molecule has 0 aromatic heterocycles. The van der Waals surface area contributed by atoms with Crippen molar-refractivity contribution in [2.45, 2.75) is 29.2 Å². The summed E-state index contributed by atoms with van der Waals surface area (Å²) < 4.78 is 49.3. The van der Waals surface area contributed by atoms with E-state index < -0.39 is 20.0 Å². The van der Waals surface area contributed by atoms with E-state index in [1.807, 2.05) is 6.92 Å². The molecular formula is C10H14N2O4S2. The highest BCUT2D eigenvalue weighted by atomic mass is 32.2. The molecule has 0 heterocycles. The Labute approximate surface area is 106 Å². The van der Waals surface area contributed by atoms with Gasteiger partial charge in [0.2, 0.25) is 20.0 Å². The molecule has 1 aromatic rings. The van der Waals surface area contributed by atoms with Crippen molar-refractivity contribution in [3.8, 4) is 0 Å². The number of sulfonamides is 2. The number of benzene rings is 1. The van der Waals surface area contributed by atoms with Crippen LogP contribution in [0.5, 0.6) is 0 Å². The number of nitrogens with one attached hydrogen (secondary N) is 1. The van der Waals surface area contributed by atoms with Crippen LogP contribution in [0.4, 0.5) is 0 Å². The van der Waals surface area contributed by atoms with Crippen molar-refractivity contribution < 1.29 is 16.8 Å². The Hall–Kier alpha value is -0.960. The summed E-state index contributed by atoms with van der Waals surface area (Å²) in [6.07, 6.45) is 0.761. The maximum absolute atomic E-state index is 12.1. The molecule has 2 atom stereocenters. The zero-order valence-corrected chi connectivity index (χ0v) is 11.3. The molecule has 0 bridgehead atoms. The molecule has 1 aliphatic rings. The first-order valence-electron chi connectivity index (χ1n) is 5.36. The normalized spacial score (nSPS) is 23.9. The predicted octanol–water partition coefficient (Wildman–Crippen LogP) is 0.0207. The third-order valence-electron chi connectivity index (χ3n) is 2.86. The van der Waals surface area contributed by atoms with Crippen LogP contribution in [0.3, 0.4) is 0 Å². The summed E-state index contributed by atoms with van der Waals surface area (Å²) in [4.78, 5) is -0.683. The summed E-state index contributed by atoms with van der Waals surface area (Å²) in [5, 5.41) is 5.01. The molecule has 1 aromatic carbocycles. The lowest BCUT2D eigenvalue weighted by Gasteiger charge is -2.09. The lowest BCUT2D eigenvalue weighted by Crippen LogP contribution is -2.29. The summed E-state index contributed by atoms with van der Waals surface area (Å²) in [5.74, 6) is 0.279. The third-order valence-corrected chi connectivity index (χ3v) is 5.51. The van der Waals surface area contributed by atoms with Crippen molar-refractivity contribution in [1.29, 1.82) is 0 Å². The van der Waals surface area contributed by atoms with Gasteiger partial charge in [-0.15, -0.1) is 0 Å². The molecule has 100 valence electrons. The summed E-state index contributed by atoms with van der Waals surface area (Å²) in [6, 6.07) is 5.18. The summed E-state index contributed by atoms with van der Waals surface area (Å²) in [6.45, 7) is 1.92. The molecule has 2 unspecified atom stereocenters. The van der Waals surface area contributed by atoms with Gasteiger partial charge >= 0.3 is 0 Å². The molecule has 0 radical (unpaired) electrons. The summed E-state index contributed by atoms with van der Waals surface area (Å²) in [5.41, 5.74) is 0. The van der Waals surface area contributed by atoms with E-state index in [0.29, 0.717) is 0 Å². The lowest BCUT2D eigenvalue weighted by molar-refractivity contribution is 0.570. The standard InChI is InChI=1S/C10H14N2O4S2/c1-7-6-8(7)12-18(15,16)10-5-3-2-4-9(10)17(11,13)14/h2-5,7-8,12H,6H2,1H3,(H2,11,13,14). The smallest absolute Gasteiger partial charge is 0.225 e. The quantitative estimate of drug-likeness (QED) is 0.815. The minimum atomic E-state index is -4.06. The molecule has 8 heteroatoms. The average Bonchev–Trinajstić information content (AvgIpc) is 2.92. The fraction of sp³-hybridized carbons (Fsp3) is 0.400. The van der Waals surface area contributed by atoms with Crippen molar-refractivity contribution in [2.75, 3.05) is 0 Å². The molecule has 0 spiro atoms. The molecule has 18 heavy (non-hydrogen) atoms. The molecule has 0 saturated heterocycles. The van der Waals surface area contributed by atoms with Crippen LogP contribution in [0.15, 0.2) is 34.1 Å². The monoisotopic (exact) mass is 290 g/mol. The minimum Gasteiger partial charge on any atom is -0.225 e. The number of nitrogens with two attached hydrogens (primary N) is 1. The zero-order valence-electron chi connectivity index (χ0n) is 9.70. The van der Waals surface area contributed by atoms with Crippen LogP contribution >= 0.6 is 0 Å². The zero-order chi connectivity index (χ0) is 13.6. The highest BCUT2D eigenvalue weighted by Crippen LogP contribution is 2.31. The van der Waals surface area contributed by atoms with E-state index in [1.165, 1.54) is 24.3 Å². The van der Waals surface area contributed by atoms with Crippen LogP contribution in [0.2, 0.25) is 0 Å². The second kappa shape index (κ2) is 4.30. The molecule has 1 aliphatic carbocycles. The number of primary sulfonamides is 1. The number of hydrogen-bond donors (Lipinski definition) is 2. The topological polar surface area (TPSA) is 106 Å². The van der Waals surface area contributed by atoms with Gasteiger partial charge in [0.05, 0.1) is 0 Å². The number of hydrogen-bond acceptors (Lipinski definition) is 4. The van der Waals surface area contributed by atoms with Crippen molar-refractivity contribution in [3.63, 3.8) is 0 Å². The average molecular weight is 290 g/mol. The van der Waals surface area contributed by atoms with Crippen LogP contribution in [0.1, 0.15) is 13.3 Å². The number of rotatable bonds is 4. The van der Waals surface area contributed by atoms with Gasteiger partial charge in [0.1, 0.15) is 9.79 Å². The Morgan fingerprint density at radius 2 is 1.67 bits per heavy atom. The van der Waals surface area contributed by atoms with Gasteiger partial charge in [-0.1, -0.05) is 19.1 Å². The van der Waals surface area contributed by atoms with Crippen LogP contribution in [0.25, 0.3) is 0 Å². The molecule has 3 N–H and O–H groups in total. The second-order valence-electron chi connectivity index (χ2n) is 4.43. The van der Waals surface area contributed by atoms with Crippen LogP contribution < -0.4 is 9.86 Å². The van der Waals surface area contributed by atoms with E-state index in [-0.39, 0.29) is 21.8 Å². The fourth-order valence-electron chi connectivity index (χ4n) is 1.66. The van der Waals surface area contributed by atoms with E-state index in [9.17, 15) is 16.8 Å². The van der Waals surface area contributed by atoms with Gasteiger partial charge in [0.15, 0.2) is 0 Å². The first-order chi connectivity index (χ1) is 8.22. The molecule has 1 saturated carbocycles. The minimum absolute atomic E-state index is 0.122. The maximum Gasteiger partial charge on any atom is 0.242 e. The van der Waals surface area contributed by atoms with Gasteiger partial charge in [-0.05, 0) is 24.5 Å². The van der Waals surface area contributed by atoms with Gasteiger partial charge in [-0.25, -0.2) is 26.7 Å². The van der Waals surface area contributed by atoms with E-state index in [4.69, 9.17) is 5.14 Å². The maximum atomic E-state index is 12.1. The largest absolute Gasteiger partial charge is 0.242 e. The van der Waals surface area contributed by atoms with Gasteiger partial charge < -0.3 is 0 Å². The third kappa shape index (κ3) is 2.72. The highest BCUT2D eigenvalue weighted by Gasteiger charge is 2.37. The van der Waals surface area contributed by atoms with Crippen LogP contribution in [-0.2, 0) is 20.0 Å². The highest BCUT2D eigenvalue weighted by molar-refractivity contribution is 7.92. The first kappa shape index (κ1) is 13.5. The van der Waals surface area contributed by atoms with Gasteiger partial charge in [-0.3, -0.25) is 0 Å². The molecule has 1 fully saturated rings. The Morgan fingerprint density at radius 1 is 1.17 bits per heavy atom. The molecule has 6 nitrogen and oxygen atoms in total. The fourth-order valence-corrected chi connectivity index (χ4v) is 4.40. The Morgan fingerprint density at radius 3 is 2.11 bits per heavy atom. The van der Waals surface area contributed by atoms with E-state index in [1.54, 1.807) is 0 Å². The lowest BCUT2D eigenvalue weighted by atomic mass is 10.4. The van der Waals surface area contributed by atoms with Gasteiger partial charge in [0.25, 0.3) is 0 Å². The summed E-state index contributed by atoms with van der Waals surface area (Å²) in [7, 11) is -7.92. The van der Waals surface area contributed by atoms with Crippen LogP contribution in [0, 0.1) is 5.92 Å². The van der Waals surface area contributed by atoms with Gasteiger partial charge in [-0.2, -0.15) is 0 Å². The van der Waals surface area contributed by atoms with Crippen molar-refractivity contribution in [3.05, 3.63) is 24.3 Å². The van der Waals surface area contributed by atoms with Crippen molar-refractivity contribution in [2.24, 2.45) is 11.1 Å². The van der Waals surface area contributed by atoms with Gasteiger partial charge in [0, 0.05) is 6.04 Å². The van der Waals surface area contributed by atoms with E-state index >= 15 is 0 Å². The summed E-state index contributed by atoms with van der Waals surface area (Å²) >= 11 is 0. The SMILES string of the molecule is CC1CC1NS(=O)(=O)c1ccccc1S(N)(=O)=O. The van der Waals surface area contributed by atoms with Crippen molar-refractivity contribution in [1.82, 2.24) is 4.72 Å². The molecule has 0 amide bonds. The Kier molecular flexibility index (Phi) is 3.22. The van der Waals surface area contributed by atoms with Crippen LogP contribution in [-0.4, -0.2) is 22.9 Å². The predicted molar refractivity (Wildman–Crippen MR) is 65.7 cm³/mol. The Balaban J connectivity index is 2.45. The molecule has 2 rings (SSSR count). The first-order valence-corrected chi connectivity index (χ1v) is 8.39. The van der Waals surface area contributed by atoms with E-state index in [0.717, 1.165) is 6.42 Å². The molecular weight excluding hydrogens is 276 g/mol. The molecule has 0 aliphatic heterocycles. The van der Waals surface area contributed by atoms with Crippen molar-refractivity contribution >= 4 is 20.0 Å². The second-order valence-corrected chi connectivity index (χ2v) is 7.64. The Bertz CT molecular complexity index is 667. The van der Waals surface area contributed by atoms with E-state index in [2.05, 4.69) is 4.72 Å².